The molecule has 0 N–H and O–H groups in total. The van der Waals surface area contributed by atoms with Gasteiger partial charge in [0.1, 0.15) is 0 Å². The van der Waals surface area contributed by atoms with Crippen molar-refractivity contribution in [1.29, 1.82) is 0 Å². The molecule has 2 heteroatoms. The average Bonchev–Trinajstić information content (AvgIpc) is 2.14. The fourth-order valence-corrected chi connectivity index (χ4v) is 1.71. The van der Waals surface area contributed by atoms with Crippen molar-refractivity contribution in [2.45, 2.75) is 13.8 Å². The lowest BCUT2D eigenvalue weighted by Gasteiger charge is -2.03. The van der Waals surface area contributed by atoms with E-state index in [2.05, 4.69) is 45.7 Å². The zero-order valence-corrected chi connectivity index (χ0v) is 12.2. The first-order valence-electron chi connectivity index (χ1n) is 4.03. The molecule has 0 amide bonds. The summed E-state index contributed by atoms with van der Waals surface area (Å²) in [5.74, 6) is 6.12. The normalized spacial score (nSPS) is 8.29. The third kappa shape index (κ3) is 2.90. The molecular weight excluding hydrogens is 398 g/mol. The summed E-state index contributed by atoms with van der Waals surface area (Å²) in [6.07, 6.45) is 0. The van der Waals surface area contributed by atoms with Crippen LogP contribution in [0, 0.1) is 33.5 Å². The standard InChI is InChI=1S/C12H8I2/c1-9-7-11(3-5-13)12(4-6-14)8-10(9)2/h7-8H,1-2H3. The molecule has 0 saturated heterocycles. The van der Waals surface area contributed by atoms with E-state index < -0.39 is 0 Å². The summed E-state index contributed by atoms with van der Waals surface area (Å²) in [5, 5.41) is 0. The Morgan fingerprint density at radius 1 is 0.857 bits per heavy atom. The van der Waals surface area contributed by atoms with E-state index in [9.17, 15) is 0 Å². The Morgan fingerprint density at radius 3 is 1.50 bits per heavy atom. The fraction of sp³-hybridized carbons (Fsp3) is 0.167. The lowest BCUT2D eigenvalue weighted by Crippen LogP contribution is -1.89. The highest BCUT2D eigenvalue weighted by molar-refractivity contribution is 14.1. The molecule has 0 fully saturated rings. The molecule has 0 aromatic heterocycles. The zero-order valence-electron chi connectivity index (χ0n) is 7.91. The lowest BCUT2D eigenvalue weighted by molar-refractivity contribution is 1.32. The smallest absolute Gasteiger partial charge is 0.0413 e. The van der Waals surface area contributed by atoms with Crippen LogP contribution in [0.4, 0.5) is 0 Å². The maximum absolute atomic E-state index is 3.06. The van der Waals surface area contributed by atoms with Crippen molar-refractivity contribution in [2.75, 3.05) is 0 Å². The molecule has 14 heavy (non-hydrogen) atoms. The fourth-order valence-electron chi connectivity index (χ4n) is 1.12. The Balaban J connectivity index is 3.41. The largest absolute Gasteiger partial charge is 0.0543 e. The Bertz CT molecular complexity index is 420. The van der Waals surface area contributed by atoms with Gasteiger partial charge < -0.3 is 0 Å². The molecule has 0 aliphatic carbocycles. The first-order chi connectivity index (χ1) is 6.69. The van der Waals surface area contributed by atoms with E-state index in [1.54, 1.807) is 0 Å². The second-order valence-electron chi connectivity index (χ2n) is 2.92. The molecule has 0 heterocycles. The summed E-state index contributed by atoms with van der Waals surface area (Å²) in [6.45, 7) is 4.18. The van der Waals surface area contributed by atoms with Gasteiger partial charge in [0.25, 0.3) is 0 Å². The van der Waals surface area contributed by atoms with Crippen LogP contribution in [-0.4, -0.2) is 0 Å². The first kappa shape index (κ1) is 11.9. The Kier molecular flexibility index (Phi) is 4.77. The van der Waals surface area contributed by atoms with Crippen LogP contribution in [0.2, 0.25) is 0 Å². The van der Waals surface area contributed by atoms with E-state index in [-0.39, 0.29) is 0 Å². The van der Waals surface area contributed by atoms with Crippen LogP contribution in [0.3, 0.4) is 0 Å². The summed E-state index contributed by atoms with van der Waals surface area (Å²) in [4.78, 5) is 0. The van der Waals surface area contributed by atoms with Crippen molar-refractivity contribution in [1.82, 2.24) is 0 Å². The predicted octanol–water partition coefficient (Wildman–Crippen LogP) is 3.79. The molecule has 0 saturated carbocycles. The second kappa shape index (κ2) is 5.63. The summed E-state index contributed by atoms with van der Waals surface area (Å²) in [5.41, 5.74) is 4.56. The minimum absolute atomic E-state index is 1.02. The number of benzene rings is 1. The van der Waals surface area contributed by atoms with Crippen LogP contribution in [0.15, 0.2) is 12.1 Å². The monoisotopic (exact) mass is 406 g/mol. The van der Waals surface area contributed by atoms with Gasteiger partial charge >= 0.3 is 0 Å². The molecule has 1 aromatic rings. The number of hydrogen-bond donors (Lipinski definition) is 0. The van der Waals surface area contributed by atoms with Gasteiger partial charge in [-0.2, -0.15) is 0 Å². The van der Waals surface area contributed by atoms with Crippen molar-refractivity contribution >= 4 is 45.2 Å². The first-order valence-corrected chi connectivity index (χ1v) is 6.19. The molecule has 0 radical (unpaired) electrons. The third-order valence-corrected chi connectivity index (χ3v) is 2.54. The van der Waals surface area contributed by atoms with Gasteiger partial charge in [-0.25, -0.2) is 0 Å². The zero-order chi connectivity index (χ0) is 10.6. The van der Waals surface area contributed by atoms with Crippen LogP contribution >= 0.6 is 45.2 Å². The van der Waals surface area contributed by atoms with Gasteiger partial charge in [0.2, 0.25) is 0 Å². The van der Waals surface area contributed by atoms with Crippen molar-refractivity contribution in [3.8, 4) is 19.7 Å². The van der Waals surface area contributed by atoms with E-state index in [1.165, 1.54) is 11.1 Å². The van der Waals surface area contributed by atoms with Crippen LogP contribution in [0.5, 0.6) is 0 Å². The van der Waals surface area contributed by atoms with Crippen LogP contribution in [-0.2, 0) is 0 Å². The molecule has 1 rings (SSSR count). The third-order valence-electron chi connectivity index (χ3n) is 2.00. The quantitative estimate of drug-likeness (QED) is 0.455. The maximum Gasteiger partial charge on any atom is 0.0413 e. The van der Waals surface area contributed by atoms with Gasteiger partial charge in [-0.15, -0.1) is 0 Å². The number of hydrogen-bond acceptors (Lipinski definition) is 0. The number of halogens is 2. The molecular formula is C12H8I2. The Morgan fingerprint density at radius 2 is 1.21 bits per heavy atom. The highest BCUT2D eigenvalue weighted by atomic mass is 127. The van der Waals surface area contributed by atoms with Gasteiger partial charge in [0.15, 0.2) is 0 Å². The maximum atomic E-state index is 3.06. The molecule has 0 aliphatic heterocycles. The summed E-state index contributed by atoms with van der Waals surface area (Å²) in [6, 6.07) is 4.19. The van der Waals surface area contributed by atoms with E-state index >= 15 is 0 Å². The lowest BCUT2D eigenvalue weighted by atomic mass is 10.0. The molecule has 0 unspecified atom stereocenters. The van der Waals surface area contributed by atoms with Gasteiger partial charge in [-0.05, 0) is 45.0 Å². The summed E-state index contributed by atoms with van der Waals surface area (Å²) >= 11 is 4.09. The SMILES string of the molecule is Cc1cc(C#CI)c(C#CI)cc1C. The topological polar surface area (TPSA) is 0 Å². The van der Waals surface area contributed by atoms with E-state index in [1.807, 2.05) is 45.2 Å². The van der Waals surface area contributed by atoms with Crippen molar-refractivity contribution in [3.05, 3.63) is 34.4 Å². The molecule has 1 aromatic carbocycles. The van der Waals surface area contributed by atoms with Gasteiger partial charge in [-0.1, -0.05) is 11.8 Å². The summed E-state index contributed by atoms with van der Waals surface area (Å²) < 4.78 is 5.76. The Hall–Kier alpha value is -0.200. The molecule has 0 spiro atoms. The van der Waals surface area contributed by atoms with Crippen LogP contribution in [0.25, 0.3) is 0 Å². The number of aryl methyl sites for hydroxylation is 2. The van der Waals surface area contributed by atoms with Crippen LogP contribution < -0.4 is 0 Å². The van der Waals surface area contributed by atoms with Crippen molar-refractivity contribution < 1.29 is 0 Å². The van der Waals surface area contributed by atoms with Crippen molar-refractivity contribution in [3.63, 3.8) is 0 Å². The van der Waals surface area contributed by atoms with Crippen molar-refractivity contribution in [2.24, 2.45) is 0 Å². The molecule has 70 valence electrons. The highest BCUT2D eigenvalue weighted by Gasteiger charge is 2.00. The minimum atomic E-state index is 1.02. The van der Waals surface area contributed by atoms with E-state index in [0.717, 1.165) is 11.1 Å². The molecule has 0 bridgehead atoms. The van der Waals surface area contributed by atoms with Gasteiger partial charge in [-0.3, -0.25) is 0 Å². The second-order valence-corrected chi connectivity index (χ2v) is 4.00. The molecule has 0 nitrogen and oxygen atoms in total. The Labute approximate surface area is 112 Å². The van der Waals surface area contributed by atoms with Gasteiger partial charge in [0, 0.05) is 56.3 Å². The van der Waals surface area contributed by atoms with E-state index in [0.29, 0.717) is 0 Å². The van der Waals surface area contributed by atoms with Crippen LogP contribution in [0.1, 0.15) is 22.3 Å². The summed E-state index contributed by atoms with van der Waals surface area (Å²) in [7, 11) is 0. The average molecular weight is 406 g/mol. The minimum Gasteiger partial charge on any atom is -0.0543 e. The molecule has 0 atom stereocenters. The highest BCUT2D eigenvalue weighted by Crippen LogP contribution is 2.14. The van der Waals surface area contributed by atoms with Gasteiger partial charge in [0.05, 0.1) is 0 Å². The molecule has 0 aliphatic rings. The predicted molar refractivity (Wildman–Crippen MR) is 77.7 cm³/mol. The number of rotatable bonds is 0. The van der Waals surface area contributed by atoms with E-state index in [4.69, 9.17) is 0 Å².